The van der Waals surface area contributed by atoms with Gasteiger partial charge in [-0.2, -0.15) is 0 Å². The number of rotatable bonds is 13. The number of nitrogens with zero attached hydrogens (tertiary/aromatic N) is 2. The van der Waals surface area contributed by atoms with E-state index in [9.17, 15) is 24.3 Å². The minimum Gasteiger partial charge on any atom is -0.480 e. The summed E-state index contributed by atoms with van der Waals surface area (Å²) in [7, 11) is 0. The van der Waals surface area contributed by atoms with Gasteiger partial charge in [-0.15, -0.1) is 0 Å². The van der Waals surface area contributed by atoms with Crippen molar-refractivity contribution in [1.82, 2.24) is 15.5 Å². The van der Waals surface area contributed by atoms with Crippen LogP contribution in [0.15, 0.2) is 28.3 Å². The molecule has 0 aromatic heterocycles. The van der Waals surface area contributed by atoms with Gasteiger partial charge in [0.15, 0.2) is 5.96 Å². The lowest BCUT2D eigenvalue weighted by molar-refractivity contribution is -0.145. The van der Waals surface area contributed by atoms with E-state index < -0.39 is 41.8 Å². The van der Waals surface area contributed by atoms with E-state index in [0.29, 0.717) is 25.8 Å². The number of carboxylic acid groups (broad SMARTS) is 1. The van der Waals surface area contributed by atoms with Crippen LogP contribution in [0.1, 0.15) is 67.2 Å². The van der Waals surface area contributed by atoms with Crippen molar-refractivity contribution in [2.24, 2.45) is 28.3 Å². The van der Waals surface area contributed by atoms with Crippen LogP contribution in [0.4, 0.5) is 0 Å². The van der Waals surface area contributed by atoms with Crippen molar-refractivity contribution in [2.75, 3.05) is 13.1 Å². The van der Waals surface area contributed by atoms with Gasteiger partial charge in [0.2, 0.25) is 17.7 Å². The highest BCUT2D eigenvalue weighted by atomic mass is 16.4. The molecule has 0 spiro atoms. The summed E-state index contributed by atoms with van der Waals surface area (Å²) in [5.74, 6) is -2.70. The average molecular weight is 521 g/mol. The second kappa shape index (κ2) is 15.0. The number of amides is 3. The Morgan fingerprint density at radius 3 is 2.30 bits per heavy atom. The molecule has 37 heavy (non-hydrogen) atoms. The molecular weight excluding hydrogens is 476 g/mol. The maximum atomic E-state index is 13.8. The molecular formula is C26H44N6O5. The number of unbranched alkanes of at least 4 members (excludes halogenated alkanes) is 1. The highest BCUT2D eigenvalue weighted by Crippen LogP contribution is 2.30. The molecule has 208 valence electrons. The summed E-state index contributed by atoms with van der Waals surface area (Å²) in [5.41, 5.74) is 12.4. The van der Waals surface area contributed by atoms with Crippen molar-refractivity contribution in [3.05, 3.63) is 23.3 Å². The van der Waals surface area contributed by atoms with Crippen molar-refractivity contribution in [1.29, 1.82) is 0 Å². The molecule has 0 saturated carbocycles. The lowest BCUT2D eigenvalue weighted by atomic mass is 9.96. The minimum absolute atomic E-state index is 0.0135. The molecule has 0 bridgehead atoms. The first-order valence-corrected chi connectivity index (χ1v) is 12.8. The molecule has 11 nitrogen and oxygen atoms in total. The average Bonchev–Trinajstić information content (AvgIpc) is 3.12. The molecule has 0 aromatic rings. The van der Waals surface area contributed by atoms with Gasteiger partial charge in [0.25, 0.3) is 0 Å². The summed E-state index contributed by atoms with van der Waals surface area (Å²) in [6.45, 7) is 11.6. The SMILES string of the molecule is C/C=C1\CN(C(=O)[C@H](CCCCN=C(N)N)NC(=O)C=C(C)C)[C@H](C(=O)N[C@@H](CC(C)C)C(=O)O)[C@@H]1C. The van der Waals surface area contributed by atoms with Gasteiger partial charge >= 0.3 is 5.97 Å². The summed E-state index contributed by atoms with van der Waals surface area (Å²) in [4.78, 5) is 56.8. The zero-order valence-electron chi connectivity index (χ0n) is 22.9. The highest BCUT2D eigenvalue weighted by Gasteiger charge is 2.44. The molecule has 1 heterocycles. The summed E-state index contributed by atoms with van der Waals surface area (Å²) in [6, 6.07) is -2.82. The van der Waals surface area contributed by atoms with E-state index >= 15 is 0 Å². The fourth-order valence-corrected chi connectivity index (χ4v) is 4.40. The number of nitrogens with two attached hydrogens (primary N) is 2. The van der Waals surface area contributed by atoms with E-state index in [1.54, 1.807) is 13.8 Å². The Morgan fingerprint density at radius 1 is 1.14 bits per heavy atom. The van der Waals surface area contributed by atoms with E-state index in [-0.39, 0.29) is 30.8 Å². The Kier molecular flexibility index (Phi) is 12.8. The number of allylic oxidation sites excluding steroid dienone is 2. The summed E-state index contributed by atoms with van der Waals surface area (Å²) >= 11 is 0. The third-order valence-electron chi connectivity index (χ3n) is 6.22. The quantitative estimate of drug-likeness (QED) is 0.0797. The first kappa shape index (κ1) is 31.7. The fraction of sp³-hybridized carbons (Fsp3) is 0.654. The van der Waals surface area contributed by atoms with Crippen LogP contribution < -0.4 is 22.1 Å². The first-order chi connectivity index (χ1) is 17.3. The van der Waals surface area contributed by atoms with Gasteiger partial charge in [-0.1, -0.05) is 32.4 Å². The second-order valence-corrected chi connectivity index (χ2v) is 10.2. The Bertz CT molecular complexity index is 918. The van der Waals surface area contributed by atoms with Crippen LogP contribution in [0.3, 0.4) is 0 Å². The molecule has 0 aliphatic carbocycles. The van der Waals surface area contributed by atoms with Gasteiger partial charge in [0.1, 0.15) is 18.1 Å². The van der Waals surface area contributed by atoms with Crippen molar-refractivity contribution in [2.45, 2.75) is 85.4 Å². The molecule has 3 amide bonds. The van der Waals surface area contributed by atoms with Crippen molar-refractivity contribution >= 4 is 29.7 Å². The smallest absolute Gasteiger partial charge is 0.326 e. The highest BCUT2D eigenvalue weighted by molar-refractivity contribution is 5.96. The van der Waals surface area contributed by atoms with Crippen LogP contribution in [0.25, 0.3) is 0 Å². The van der Waals surface area contributed by atoms with Gasteiger partial charge in [0.05, 0.1) is 0 Å². The third-order valence-corrected chi connectivity index (χ3v) is 6.22. The van der Waals surface area contributed by atoms with Crippen LogP contribution in [0, 0.1) is 11.8 Å². The van der Waals surface area contributed by atoms with E-state index in [0.717, 1.165) is 11.1 Å². The number of likely N-dealkylation sites (tertiary alicyclic amines) is 1. The molecule has 1 rings (SSSR count). The lowest BCUT2D eigenvalue weighted by Crippen LogP contribution is -2.56. The van der Waals surface area contributed by atoms with Crippen LogP contribution in [0.5, 0.6) is 0 Å². The van der Waals surface area contributed by atoms with Gasteiger partial charge < -0.3 is 32.1 Å². The number of aliphatic imine (C=N–C) groups is 1. The summed E-state index contributed by atoms with van der Waals surface area (Å²) in [6.07, 6.45) is 5.05. The van der Waals surface area contributed by atoms with Gasteiger partial charge in [0, 0.05) is 25.1 Å². The minimum atomic E-state index is -1.12. The molecule has 1 aliphatic heterocycles. The van der Waals surface area contributed by atoms with Crippen LogP contribution >= 0.6 is 0 Å². The van der Waals surface area contributed by atoms with Crippen LogP contribution in [0.2, 0.25) is 0 Å². The predicted molar refractivity (Wildman–Crippen MR) is 143 cm³/mol. The Balaban J connectivity index is 3.20. The predicted octanol–water partition coefficient (Wildman–Crippen LogP) is 1.29. The van der Waals surface area contributed by atoms with E-state index in [1.165, 1.54) is 11.0 Å². The maximum Gasteiger partial charge on any atom is 0.326 e. The summed E-state index contributed by atoms with van der Waals surface area (Å²) in [5, 5.41) is 15.0. The Labute approximate surface area is 219 Å². The Morgan fingerprint density at radius 2 is 1.78 bits per heavy atom. The number of hydrogen-bond acceptors (Lipinski definition) is 5. The fourth-order valence-electron chi connectivity index (χ4n) is 4.40. The number of aliphatic carboxylic acids is 1. The topological polar surface area (TPSA) is 180 Å². The molecule has 0 unspecified atom stereocenters. The van der Waals surface area contributed by atoms with E-state index in [1.807, 2.05) is 33.8 Å². The van der Waals surface area contributed by atoms with Crippen LogP contribution in [-0.2, 0) is 19.2 Å². The number of carbonyl (C=O) groups is 4. The molecule has 7 N–H and O–H groups in total. The van der Waals surface area contributed by atoms with E-state index in [2.05, 4.69) is 15.6 Å². The van der Waals surface area contributed by atoms with Gasteiger partial charge in [-0.05, 0) is 57.9 Å². The molecule has 11 heteroatoms. The van der Waals surface area contributed by atoms with Gasteiger partial charge in [-0.3, -0.25) is 19.4 Å². The number of nitrogens with one attached hydrogen (secondary N) is 2. The second-order valence-electron chi connectivity index (χ2n) is 10.2. The number of carbonyl (C=O) groups excluding carboxylic acids is 3. The van der Waals surface area contributed by atoms with Crippen molar-refractivity contribution in [3.63, 3.8) is 0 Å². The number of hydrogen-bond donors (Lipinski definition) is 5. The number of carboxylic acids is 1. The molecule has 1 saturated heterocycles. The number of guanidine groups is 1. The van der Waals surface area contributed by atoms with Crippen molar-refractivity contribution < 1.29 is 24.3 Å². The molecule has 1 fully saturated rings. The molecule has 4 atom stereocenters. The van der Waals surface area contributed by atoms with E-state index in [4.69, 9.17) is 11.5 Å². The standard InChI is InChI=1S/C26H44N6O5/c1-7-18-14-32(22(17(18)6)23(34)31-20(25(36)37)12-15(2)3)24(35)19(30-21(33)13-16(4)5)10-8-9-11-29-26(27)28/h7,13,15,17,19-20,22H,8-12,14H2,1-6H3,(H,30,33)(H,31,34)(H,36,37)(H4,27,28,29)/b18-7+/t17-,19+,20+,22+/m1/s1. The van der Waals surface area contributed by atoms with Gasteiger partial charge in [-0.25, -0.2) is 4.79 Å². The molecule has 0 aromatic carbocycles. The summed E-state index contributed by atoms with van der Waals surface area (Å²) < 4.78 is 0. The molecule has 0 radical (unpaired) electrons. The Hall–Kier alpha value is -3.37. The first-order valence-electron chi connectivity index (χ1n) is 12.8. The third kappa shape index (κ3) is 10.3. The van der Waals surface area contributed by atoms with Crippen molar-refractivity contribution in [3.8, 4) is 0 Å². The lowest BCUT2D eigenvalue weighted by Gasteiger charge is -2.30. The monoisotopic (exact) mass is 520 g/mol. The normalized spacial score (nSPS) is 19.8. The zero-order chi connectivity index (χ0) is 28.3. The maximum absolute atomic E-state index is 13.8. The molecule has 1 aliphatic rings. The largest absolute Gasteiger partial charge is 0.480 e. The zero-order valence-corrected chi connectivity index (χ0v) is 22.9. The van der Waals surface area contributed by atoms with Crippen LogP contribution in [-0.4, -0.2) is 70.9 Å².